The molecule has 0 fully saturated rings. The Hall–Kier alpha value is -1.52. The van der Waals surface area contributed by atoms with Crippen LogP contribution in [-0.4, -0.2) is 7.05 Å². The van der Waals surface area contributed by atoms with Crippen LogP contribution in [0.2, 0.25) is 5.02 Å². The highest BCUT2D eigenvalue weighted by molar-refractivity contribution is 6.31. The summed E-state index contributed by atoms with van der Waals surface area (Å²) in [6, 6.07) is 11.8. The third kappa shape index (κ3) is 2.97. The van der Waals surface area contributed by atoms with Gasteiger partial charge < -0.3 is 5.32 Å². The summed E-state index contributed by atoms with van der Waals surface area (Å²) in [5, 5.41) is 3.34. The van der Waals surface area contributed by atoms with Gasteiger partial charge >= 0.3 is 6.18 Å². The minimum absolute atomic E-state index is 0.163. The summed E-state index contributed by atoms with van der Waals surface area (Å²) in [6.45, 7) is 0. The fourth-order valence-electron chi connectivity index (χ4n) is 2.19. The average Bonchev–Trinajstić information content (AvgIpc) is 2.41. The van der Waals surface area contributed by atoms with Gasteiger partial charge in [0.2, 0.25) is 0 Å². The smallest absolute Gasteiger partial charge is 0.309 e. The zero-order valence-electron chi connectivity index (χ0n) is 10.7. The van der Waals surface area contributed by atoms with Gasteiger partial charge in [-0.05, 0) is 30.3 Å². The van der Waals surface area contributed by atoms with Crippen LogP contribution in [0.1, 0.15) is 22.7 Å². The quantitative estimate of drug-likeness (QED) is 0.868. The van der Waals surface area contributed by atoms with Crippen LogP contribution in [0.15, 0.2) is 48.5 Å². The summed E-state index contributed by atoms with van der Waals surface area (Å²) in [7, 11) is 1.61. The molecule has 0 bridgehead atoms. The van der Waals surface area contributed by atoms with Crippen molar-refractivity contribution in [1.29, 1.82) is 0 Å². The summed E-state index contributed by atoms with van der Waals surface area (Å²) in [5.74, 6) is 0. The molecule has 1 atom stereocenters. The Morgan fingerprint density at radius 2 is 1.50 bits per heavy atom. The second-order valence-corrected chi connectivity index (χ2v) is 4.74. The molecule has 0 radical (unpaired) electrons. The van der Waals surface area contributed by atoms with Crippen LogP contribution in [0.4, 0.5) is 13.2 Å². The van der Waals surface area contributed by atoms with E-state index in [0.29, 0.717) is 10.6 Å². The van der Waals surface area contributed by atoms with E-state index in [1.165, 1.54) is 12.1 Å². The summed E-state index contributed by atoms with van der Waals surface area (Å²) in [5.41, 5.74) is 0.128. The third-order valence-corrected chi connectivity index (χ3v) is 3.43. The third-order valence-electron chi connectivity index (χ3n) is 3.08. The molecule has 0 aromatic heterocycles. The van der Waals surface area contributed by atoms with Gasteiger partial charge in [0.05, 0.1) is 11.6 Å². The maximum absolute atomic E-state index is 13.1. The first kappa shape index (κ1) is 14.9. The molecule has 0 heterocycles. The predicted octanol–water partition coefficient (Wildman–Crippen LogP) is 4.67. The van der Waals surface area contributed by atoms with Gasteiger partial charge in [0.1, 0.15) is 0 Å². The van der Waals surface area contributed by atoms with Gasteiger partial charge in [0.25, 0.3) is 0 Å². The Morgan fingerprint density at radius 3 is 2.05 bits per heavy atom. The molecule has 2 aromatic carbocycles. The summed E-state index contributed by atoms with van der Waals surface area (Å²) in [4.78, 5) is 0. The molecule has 0 spiro atoms. The highest BCUT2D eigenvalue weighted by Gasteiger charge is 2.35. The standard InChI is InChI=1S/C15H13ClF3N/c1-20-14(11-7-3-5-9-13(11)16)10-6-2-4-8-12(10)15(17,18)19/h2-9,14,20H,1H3. The van der Waals surface area contributed by atoms with Crippen molar-refractivity contribution >= 4 is 11.6 Å². The van der Waals surface area contributed by atoms with E-state index >= 15 is 0 Å². The average molecular weight is 300 g/mol. The summed E-state index contributed by atoms with van der Waals surface area (Å²) in [6.07, 6.45) is -4.40. The number of nitrogens with one attached hydrogen (secondary N) is 1. The molecule has 2 rings (SSSR count). The Labute approximate surface area is 120 Å². The van der Waals surface area contributed by atoms with Crippen molar-refractivity contribution < 1.29 is 13.2 Å². The minimum Gasteiger partial charge on any atom is -0.309 e. The van der Waals surface area contributed by atoms with E-state index in [9.17, 15) is 13.2 Å². The van der Waals surface area contributed by atoms with Crippen molar-refractivity contribution in [3.8, 4) is 0 Å². The number of alkyl halides is 3. The first-order chi connectivity index (χ1) is 9.45. The summed E-state index contributed by atoms with van der Waals surface area (Å²) < 4.78 is 39.3. The van der Waals surface area contributed by atoms with Gasteiger partial charge in [-0.15, -0.1) is 0 Å². The molecule has 0 amide bonds. The predicted molar refractivity (Wildman–Crippen MR) is 73.8 cm³/mol. The molecular formula is C15H13ClF3N. The van der Waals surface area contributed by atoms with Gasteiger partial charge in [0.15, 0.2) is 0 Å². The molecule has 1 nitrogen and oxygen atoms in total. The van der Waals surface area contributed by atoms with Crippen LogP contribution in [0.5, 0.6) is 0 Å². The lowest BCUT2D eigenvalue weighted by molar-refractivity contribution is -0.138. The molecule has 0 saturated carbocycles. The zero-order valence-corrected chi connectivity index (χ0v) is 11.5. The van der Waals surface area contributed by atoms with E-state index in [2.05, 4.69) is 5.32 Å². The van der Waals surface area contributed by atoms with Crippen LogP contribution in [0.3, 0.4) is 0 Å². The first-order valence-electron chi connectivity index (χ1n) is 6.03. The number of halogens is 4. The number of hydrogen-bond donors (Lipinski definition) is 1. The normalized spacial score (nSPS) is 13.2. The molecule has 0 aliphatic rings. The Balaban J connectivity index is 2.57. The van der Waals surface area contributed by atoms with Crippen LogP contribution in [-0.2, 0) is 6.18 Å². The van der Waals surface area contributed by atoms with Gasteiger partial charge in [-0.3, -0.25) is 0 Å². The van der Waals surface area contributed by atoms with E-state index in [1.807, 2.05) is 0 Å². The van der Waals surface area contributed by atoms with Crippen molar-refractivity contribution in [3.63, 3.8) is 0 Å². The van der Waals surface area contributed by atoms with E-state index in [4.69, 9.17) is 11.6 Å². The highest BCUT2D eigenvalue weighted by Crippen LogP contribution is 2.37. The van der Waals surface area contributed by atoms with Crippen LogP contribution in [0, 0.1) is 0 Å². The Bertz CT molecular complexity index is 596. The van der Waals surface area contributed by atoms with E-state index in [-0.39, 0.29) is 5.56 Å². The number of rotatable bonds is 3. The van der Waals surface area contributed by atoms with E-state index in [0.717, 1.165) is 6.07 Å². The maximum atomic E-state index is 13.1. The lowest BCUT2D eigenvalue weighted by Crippen LogP contribution is -2.22. The van der Waals surface area contributed by atoms with Gasteiger partial charge in [-0.1, -0.05) is 48.0 Å². The molecule has 0 aliphatic heterocycles. The van der Waals surface area contributed by atoms with Gasteiger partial charge in [-0.25, -0.2) is 0 Å². The van der Waals surface area contributed by atoms with Crippen LogP contribution < -0.4 is 5.32 Å². The van der Waals surface area contributed by atoms with Crippen molar-refractivity contribution in [1.82, 2.24) is 5.32 Å². The molecule has 1 N–H and O–H groups in total. The fraction of sp³-hybridized carbons (Fsp3) is 0.200. The van der Waals surface area contributed by atoms with Gasteiger partial charge in [-0.2, -0.15) is 13.2 Å². The monoisotopic (exact) mass is 299 g/mol. The number of hydrogen-bond acceptors (Lipinski definition) is 1. The Kier molecular flexibility index (Phi) is 4.35. The van der Waals surface area contributed by atoms with E-state index in [1.54, 1.807) is 37.4 Å². The topological polar surface area (TPSA) is 12.0 Å². The molecule has 5 heteroatoms. The second-order valence-electron chi connectivity index (χ2n) is 4.33. The maximum Gasteiger partial charge on any atom is 0.416 e. The molecule has 0 saturated heterocycles. The molecular weight excluding hydrogens is 287 g/mol. The van der Waals surface area contributed by atoms with Gasteiger partial charge in [0, 0.05) is 5.02 Å². The summed E-state index contributed by atoms with van der Waals surface area (Å²) >= 11 is 6.09. The second kappa shape index (κ2) is 5.85. The lowest BCUT2D eigenvalue weighted by Gasteiger charge is -2.22. The molecule has 0 aliphatic carbocycles. The first-order valence-corrected chi connectivity index (χ1v) is 6.40. The highest BCUT2D eigenvalue weighted by atomic mass is 35.5. The Morgan fingerprint density at radius 1 is 0.950 bits per heavy atom. The molecule has 20 heavy (non-hydrogen) atoms. The molecule has 1 unspecified atom stereocenters. The largest absolute Gasteiger partial charge is 0.416 e. The SMILES string of the molecule is CNC(c1ccccc1Cl)c1ccccc1C(F)(F)F. The lowest BCUT2D eigenvalue weighted by atomic mass is 9.94. The fourth-order valence-corrected chi connectivity index (χ4v) is 2.44. The van der Waals surface area contributed by atoms with Crippen molar-refractivity contribution in [2.75, 3.05) is 7.05 Å². The number of benzene rings is 2. The van der Waals surface area contributed by atoms with Crippen molar-refractivity contribution in [2.45, 2.75) is 12.2 Å². The molecule has 2 aromatic rings. The minimum atomic E-state index is -4.40. The van der Waals surface area contributed by atoms with E-state index < -0.39 is 17.8 Å². The van der Waals surface area contributed by atoms with Crippen molar-refractivity contribution in [2.24, 2.45) is 0 Å². The molecule has 106 valence electrons. The zero-order chi connectivity index (χ0) is 14.8. The van der Waals surface area contributed by atoms with Crippen molar-refractivity contribution in [3.05, 3.63) is 70.2 Å². The van der Waals surface area contributed by atoms with Crippen LogP contribution in [0.25, 0.3) is 0 Å². The van der Waals surface area contributed by atoms with Crippen LogP contribution >= 0.6 is 11.6 Å².